The Labute approximate surface area is 77.4 Å². The first-order valence-corrected chi connectivity index (χ1v) is 4.34. The maximum absolute atomic E-state index is 12.4. The average Bonchev–Trinajstić information content (AvgIpc) is 1.94. The van der Waals surface area contributed by atoms with Gasteiger partial charge in [0.25, 0.3) is 0 Å². The van der Waals surface area contributed by atoms with Gasteiger partial charge in [-0.25, -0.2) is 0 Å². The van der Waals surface area contributed by atoms with E-state index in [1.807, 2.05) is 0 Å². The quantitative estimate of drug-likeness (QED) is 0.572. The summed E-state index contributed by atoms with van der Waals surface area (Å²) in [5.74, 6) is 0. The highest BCUT2D eigenvalue weighted by molar-refractivity contribution is 7.27. The number of alkyl halides is 3. The predicted octanol–water partition coefficient (Wildman–Crippen LogP) is 2.82. The van der Waals surface area contributed by atoms with E-state index in [2.05, 4.69) is 9.24 Å². The number of benzene rings is 1. The molecule has 72 valence electrons. The van der Waals surface area contributed by atoms with Crippen molar-refractivity contribution in [3.63, 3.8) is 0 Å². The molecular weight excluding hydrogens is 196 g/mol. The normalized spacial score (nSPS) is 11.8. The Morgan fingerprint density at radius 2 is 1.69 bits per heavy atom. The third-order valence-electron chi connectivity index (χ3n) is 1.90. The van der Waals surface area contributed by atoms with Crippen molar-refractivity contribution in [3.05, 3.63) is 28.8 Å². The average molecular weight is 206 g/mol. The molecule has 0 saturated heterocycles. The van der Waals surface area contributed by atoms with Crippen molar-refractivity contribution in [1.29, 1.82) is 0 Å². The Morgan fingerprint density at radius 3 is 2.15 bits per heavy atom. The minimum Gasteiger partial charge on any atom is -0.166 e. The Balaban J connectivity index is 3.37. The summed E-state index contributed by atoms with van der Waals surface area (Å²) in [7, 11) is 2.31. The zero-order chi connectivity index (χ0) is 10.2. The fraction of sp³-hybridized carbons (Fsp3) is 0.333. The molecular formula is C9H10F3P. The molecule has 0 aliphatic carbocycles. The van der Waals surface area contributed by atoms with Crippen molar-refractivity contribution < 1.29 is 13.2 Å². The van der Waals surface area contributed by atoms with Gasteiger partial charge in [-0.05, 0) is 36.3 Å². The second kappa shape index (κ2) is 3.30. The molecule has 0 radical (unpaired) electrons. The third kappa shape index (κ3) is 2.22. The molecule has 0 heterocycles. The molecule has 0 fully saturated rings. The molecule has 4 heteroatoms. The Morgan fingerprint density at radius 1 is 1.15 bits per heavy atom. The SMILES string of the molecule is Cc1cc(P)c(C)c(C(F)(F)F)c1. The first-order chi connectivity index (χ1) is 5.82. The molecule has 0 bridgehead atoms. The number of aryl methyl sites for hydroxylation is 1. The monoisotopic (exact) mass is 206 g/mol. The maximum Gasteiger partial charge on any atom is 0.416 e. The van der Waals surface area contributed by atoms with Gasteiger partial charge >= 0.3 is 6.18 Å². The summed E-state index contributed by atoms with van der Waals surface area (Å²) in [4.78, 5) is 0. The van der Waals surface area contributed by atoms with Gasteiger partial charge in [0.05, 0.1) is 5.56 Å². The lowest BCUT2D eigenvalue weighted by Crippen LogP contribution is -2.13. The largest absolute Gasteiger partial charge is 0.416 e. The molecule has 1 rings (SSSR count). The van der Waals surface area contributed by atoms with Crippen LogP contribution in [-0.2, 0) is 6.18 Å². The standard InChI is InChI=1S/C9H10F3P/c1-5-3-7(9(10,11)12)6(2)8(13)4-5/h3-4H,13H2,1-2H3. The molecule has 13 heavy (non-hydrogen) atoms. The zero-order valence-electron chi connectivity index (χ0n) is 7.37. The summed E-state index contributed by atoms with van der Waals surface area (Å²) >= 11 is 0. The number of halogens is 3. The van der Waals surface area contributed by atoms with E-state index in [0.29, 0.717) is 10.9 Å². The predicted molar refractivity (Wildman–Crippen MR) is 50.3 cm³/mol. The van der Waals surface area contributed by atoms with E-state index in [-0.39, 0.29) is 5.56 Å². The van der Waals surface area contributed by atoms with E-state index in [1.54, 1.807) is 13.0 Å². The molecule has 1 atom stereocenters. The van der Waals surface area contributed by atoms with Crippen molar-refractivity contribution in [2.24, 2.45) is 0 Å². The minimum atomic E-state index is -4.25. The van der Waals surface area contributed by atoms with E-state index < -0.39 is 11.7 Å². The fourth-order valence-corrected chi connectivity index (χ4v) is 1.60. The van der Waals surface area contributed by atoms with Crippen LogP contribution in [0.25, 0.3) is 0 Å². The van der Waals surface area contributed by atoms with Crippen LogP contribution in [0.3, 0.4) is 0 Å². The summed E-state index contributed by atoms with van der Waals surface area (Å²) in [6, 6.07) is 2.89. The van der Waals surface area contributed by atoms with E-state index in [0.717, 1.165) is 0 Å². The molecule has 1 aromatic rings. The fourth-order valence-electron chi connectivity index (χ4n) is 1.18. The molecule has 0 amide bonds. The molecule has 0 saturated carbocycles. The summed E-state index contributed by atoms with van der Waals surface area (Å²) in [6.07, 6.45) is -4.25. The van der Waals surface area contributed by atoms with Gasteiger partial charge in [-0.2, -0.15) is 13.2 Å². The summed E-state index contributed by atoms with van der Waals surface area (Å²) in [5, 5.41) is 0.604. The van der Waals surface area contributed by atoms with Gasteiger partial charge in [0.2, 0.25) is 0 Å². The van der Waals surface area contributed by atoms with Gasteiger partial charge in [-0.15, -0.1) is 9.24 Å². The Kier molecular flexibility index (Phi) is 2.67. The third-order valence-corrected chi connectivity index (χ3v) is 2.50. The van der Waals surface area contributed by atoms with Gasteiger partial charge in [-0.1, -0.05) is 6.07 Å². The molecule has 1 unspecified atom stereocenters. The maximum atomic E-state index is 12.4. The second-order valence-corrected chi connectivity index (χ2v) is 3.65. The lowest BCUT2D eigenvalue weighted by molar-refractivity contribution is -0.138. The van der Waals surface area contributed by atoms with Crippen LogP contribution >= 0.6 is 9.24 Å². The summed E-state index contributed by atoms with van der Waals surface area (Å²) in [6.45, 7) is 3.13. The molecule has 0 N–H and O–H groups in total. The first-order valence-electron chi connectivity index (χ1n) is 3.76. The van der Waals surface area contributed by atoms with Crippen molar-refractivity contribution in [2.75, 3.05) is 0 Å². The number of hydrogen-bond acceptors (Lipinski definition) is 0. The van der Waals surface area contributed by atoms with Crippen molar-refractivity contribution >= 4 is 14.5 Å². The van der Waals surface area contributed by atoms with Gasteiger partial charge in [0, 0.05) is 0 Å². The van der Waals surface area contributed by atoms with Crippen LogP contribution in [0, 0.1) is 13.8 Å². The van der Waals surface area contributed by atoms with Gasteiger partial charge < -0.3 is 0 Å². The van der Waals surface area contributed by atoms with Crippen LogP contribution in [-0.4, -0.2) is 0 Å². The van der Waals surface area contributed by atoms with Gasteiger partial charge in [0.1, 0.15) is 0 Å². The zero-order valence-corrected chi connectivity index (χ0v) is 8.52. The minimum absolute atomic E-state index is 0.281. The molecule has 0 aliphatic heterocycles. The summed E-state index contributed by atoms with van der Waals surface area (Å²) in [5.41, 5.74) is 0.364. The van der Waals surface area contributed by atoms with Crippen LogP contribution in [0.2, 0.25) is 0 Å². The molecule has 0 nitrogen and oxygen atoms in total. The smallest absolute Gasteiger partial charge is 0.166 e. The van der Waals surface area contributed by atoms with Crippen molar-refractivity contribution in [1.82, 2.24) is 0 Å². The highest BCUT2D eigenvalue weighted by atomic mass is 31.0. The topological polar surface area (TPSA) is 0 Å². The van der Waals surface area contributed by atoms with Crippen molar-refractivity contribution in [3.8, 4) is 0 Å². The molecule has 0 aromatic heterocycles. The van der Waals surface area contributed by atoms with Crippen LogP contribution < -0.4 is 5.30 Å². The van der Waals surface area contributed by atoms with Crippen LogP contribution in [0.15, 0.2) is 12.1 Å². The summed E-state index contributed by atoms with van der Waals surface area (Å²) < 4.78 is 37.2. The van der Waals surface area contributed by atoms with Crippen LogP contribution in [0.4, 0.5) is 13.2 Å². The highest BCUT2D eigenvalue weighted by Crippen LogP contribution is 2.32. The lowest BCUT2D eigenvalue weighted by atomic mass is 10.1. The Hall–Kier alpha value is -0.560. The first kappa shape index (κ1) is 10.5. The lowest BCUT2D eigenvalue weighted by Gasteiger charge is -2.12. The van der Waals surface area contributed by atoms with Gasteiger partial charge in [-0.3, -0.25) is 0 Å². The van der Waals surface area contributed by atoms with E-state index in [1.165, 1.54) is 13.0 Å². The molecule has 0 aliphatic rings. The van der Waals surface area contributed by atoms with Crippen LogP contribution in [0.5, 0.6) is 0 Å². The molecule has 1 aromatic carbocycles. The van der Waals surface area contributed by atoms with Gasteiger partial charge in [0.15, 0.2) is 0 Å². The van der Waals surface area contributed by atoms with E-state index in [9.17, 15) is 13.2 Å². The van der Waals surface area contributed by atoms with Crippen molar-refractivity contribution in [2.45, 2.75) is 20.0 Å². The molecule has 0 spiro atoms. The second-order valence-electron chi connectivity index (χ2n) is 3.02. The van der Waals surface area contributed by atoms with E-state index in [4.69, 9.17) is 0 Å². The number of hydrogen-bond donors (Lipinski definition) is 0. The Bertz CT molecular complexity index is 328. The van der Waals surface area contributed by atoms with Crippen LogP contribution in [0.1, 0.15) is 16.7 Å². The van der Waals surface area contributed by atoms with E-state index >= 15 is 0 Å². The highest BCUT2D eigenvalue weighted by Gasteiger charge is 2.32. The number of rotatable bonds is 0.